The molecule has 2 aromatic rings. The fourth-order valence-electron chi connectivity index (χ4n) is 2.31. The summed E-state index contributed by atoms with van der Waals surface area (Å²) in [5.74, 6) is 1.99. The zero-order chi connectivity index (χ0) is 18.3. The van der Waals surface area contributed by atoms with Gasteiger partial charge in [0.2, 0.25) is 0 Å². The Morgan fingerprint density at radius 2 is 1.88 bits per heavy atom. The van der Waals surface area contributed by atoms with Crippen LogP contribution in [0.25, 0.3) is 0 Å². The Morgan fingerprint density at radius 3 is 2.42 bits per heavy atom. The number of aliphatic hydroxyl groups is 1. The van der Waals surface area contributed by atoms with Crippen LogP contribution in [0.2, 0.25) is 0 Å². The predicted octanol–water partition coefficient (Wildman–Crippen LogP) is 3.89. The van der Waals surface area contributed by atoms with Gasteiger partial charge in [-0.15, -0.1) is 35.7 Å². The van der Waals surface area contributed by atoms with Gasteiger partial charge < -0.3 is 20.2 Å². The molecule has 0 spiro atoms. The van der Waals surface area contributed by atoms with E-state index in [1.807, 2.05) is 19.9 Å². The number of hydrogen-bond acceptors (Lipinski definition) is 4. The molecule has 5 nitrogen and oxygen atoms in total. The van der Waals surface area contributed by atoms with E-state index in [2.05, 4.69) is 46.1 Å². The van der Waals surface area contributed by atoms with Crippen LogP contribution in [-0.4, -0.2) is 30.4 Å². The van der Waals surface area contributed by atoms with Gasteiger partial charge in [-0.1, -0.05) is 12.1 Å². The topological polar surface area (TPSA) is 69.8 Å². The lowest BCUT2D eigenvalue weighted by Gasteiger charge is -2.22. The standard InChI is InChI=1S/C19H27N3O2S.HI/c1-5-20-18(21-12-15-7-9-16(25-4)10-8-15)22-13-19(3,23)17-11-6-14(2)24-17;/h6-11,23H,5,12-13H2,1-4H3,(H2,20,21,22);1H. The summed E-state index contributed by atoms with van der Waals surface area (Å²) < 4.78 is 5.54. The summed E-state index contributed by atoms with van der Waals surface area (Å²) in [4.78, 5) is 5.83. The van der Waals surface area contributed by atoms with E-state index in [0.717, 1.165) is 17.9 Å². The number of nitrogens with one attached hydrogen (secondary N) is 2. The van der Waals surface area contributed by atoms with Crippen molar-refractivity contribution < 1.29 is 9.52 Å². The molecular formula is C19H28IN3O2S. The lowest BCUT2D eigenvalue weighted by atomic mass is 10.0. The molecule has 1 unspecified atom stereocenters. The Bertz CT molecular complexity index is 699. The van der Waals surface area contributed by atoms with E-state index >= 15 is 0 Å². The number of hydrogen-bond donors (Lipinski definition) is 3. The first-order valence-corrected chi connectivity index (χ1v) is 9.61. The summed E-state index contributed by atoms with van der Waals surface area (Å²) in [5.41, 5.74) is 0.0354. The molecule has 7 heteroatoms. The van der Waals surface area contributed by atoms with Gasteiger partial charge in [0.15, 0.2) is 5.96 Å². The summed E-state index contributed by atoms with van der Waals surface area (Å²) >= 11 is 1.72. The van der Waals surface area contributed by atoms with E-state index in [1.165, 1.54) is 4.90 Å². The van der Waals surface area contributed by atoms with Crippen molar-refractivity contribution in [3.63, 3.8) is 0 Å². The highest BCUT2D eigenvalue weighted by atomic mass is 127. The minimum atomic E-state index is -1.11. The van der Waals surface area contributed by atoms with Crippen molar-refractivity contribution in [2.24, 2.45) is 4.99 Å². The maximum Gasteiger partial charge on any atom is 0.191 e. The van der Waals surface area contributed by atoms with Crippen molar-refractivity contribution in [2.45, 2.75) is 37.8 Å². The number of aryl methyl sites for hydroxylation is 1. The van der Waals surface area contributed by atoms with Crippen molar-refractivity contribution >= 4 is 41.7 Å². The molecule has 0 aliphatic rings. The predicted molar refractivity (Wildman–Crippen MR) is 119 cm³/mol. The number of benzene rings is 1. The van der Waals surface area contributed by atoms with Crippen molar-refractivity contribution in [2.75, 3.05) is 19.3 Å². The van der Waals surface area contributed by atoms with Gasteiger partial charge in [0, 0.05) is 11.4 Å². The molecule has 1 aromatic heterocycles. The van der Waals surface area contributed by atoms with E-state index in [9.17, 15) is 5.11 Å². The largest absolute Gasteiger partial charge is 0.463 e. The van der Waals surface area contributed by atoms with Gasteiger partial charge in [0.25, 0.3) is 0 Å². The van der Waals surface area contributed by atoms with Crippen molar-refractivity contribution in [3.05, 3.63) is 53.5 Å². The normalized spacial score (nSPS) is 13.7. The lowest BCUT2D eigenvalue weighted by Crippen LogP contribution is -2.44. The molecule has 3 N–H and O–H groups in total. The second-order valence-electron chi connectivity index (χ2n) is 6.08. The van der Waals surface area contributed by atoms with E-state index in [4.69, 9.17) is 4.42 Å². The van der Waals surface area contributed by atoms with Crippen LogP contribution >= 0.6 is 35.7 Å². The number of thioether (sulfide) groups is 1. The fraction of sp³-hybridized carbons (Fsp3) is 0.421. The van der Waals surface area contributed by atoms with Crippen LogP contribution in [0.3, 0.4) is 0 Å². The molecule has 0 amide bonds. The summed E-state index contributed by atoms with van der Waals surface area (Å²) in [6.45, 7) is 7.23. The van der Waals surface area contributed by atoms with Gasteiger partial charge in [-0.25, -0.2) is 4.99 Å². The molecule has 0 saturated heterocycles. The molecule has 0 saturated carbocycles. The summed E-state index contributed by atoms with van der Waals surface area (Å²) in [7, 11) is 0. The Labute approximate surface area is 177 Å². The third-order valence-electron chi connectivity index (χ3n) is 3.79. The van der Waals surface area contributed by atoms with Crippen LogP contribution in [0.4, 0.5) is 0 Å². The number of aliphatic imine (C=N–C) groups is 1. The van der Waals surface area contributed by atoms with Gasteiger partial charge in [0.05, 0.1) is 13.1 Å². The molecule has 0 aliphatic heterocycles. The molecule has 2 rings (SSSR count). The fourth-order valence-corrected chi connectivity index (χ4v) is 2.72. The van der Waals surface area contributed by atoms with Gasteiger partial charge in [-0.2, -0.15) is 0 Å². The molecule has 0 fully saturated rings. The first-order valence-electron chi connectivity index (χ1n) is 8.39. The summed E-state index contributed by atoms with van der Waals surface area (Å²) in [5, 5.41) is 17.0. The first-order chi connectivity index (χ1) is 11.9. The minimum absolute atomic E-state index is 0. The summed E-state index contributed by atoms with van der Waals surface area (Å²) in [6.07, 6.45) is 2.06. The third kappa shape index (κ3) is 6.85. The molecule has 0 aliphatic carbocycles. The molecule has 1 heterocycles. The SMILES string of the molecule is CCNC(=NCc1ccc(SC)cc1)NCC(C)(O)c1ccc(C)o1.I. The number of rotatable bonds is 7. The maximum atomic E-state index is 10.6. The highest BCUT2D eigenvalue weighted by molar-refractivity contribution is 14.0. The lowest BCUT2D eigenvalue weighted by molar-refractivity contribution is 0.0378. The third-order valence-corrected chi connectivity index (χ3v) is 4.54. The zero-order valence-electron chi connectivity index (χ0n) is 15.7. The average Bonchev–Trinajstić information content (AvgIpc) is 3.05. The quantitative estimate of drug-likeness (QED) is 0.238. The van der Waals surface area contributed by atoms with Gasteiger partial charge in [0.1, 0.15) is 17.1 Å². The minimum Gasteiger partial charge on any atom is -0.463 e. The molecule has 0 bridgehead atoms. The molecule has 26 heavy (non-hydrogen) atoms. The Hall–Kier alpha value is -1.19. The van der Waals surface area contributed by atoms with Crippen LogP contribution in [0.1, 0.15) is 30.9 Å². The molecule has 0 radical (unpaired) electrons. The van der Waals surface area contributed by atoms with E-state index in [-0.39, 0.29) is 24.0 Å². The van der Waals surface area contributed by atoms with Crippen LogP contribution in [0.15, 0.2) is 50.7 Å². The monoisotopic (exact) mass is 489 g/mol. The van der Waals surface area contributed by atoms with Crippen LogP contribution in [0, 0.1) is 6.92 Å². The first kappa shape index (κ1) is 22.9. The Morgan fingerprint density at radius 1 is 1.19 bits per heavy atom. The number of halogens is 1. The Kier molecular flexibility index (Phi) is 9.52. The number of guanidine groups is 1. The average molecular weight is 489 g/mol. The van der Waals surface area contributed by atoms with E-state index in [1.54, 1.807) is 24.8 Å². The second-order valence-corrected chi connectivity index (χ2v) is 6.96. The van der Waals surface area contributed by atoms with Gasteiger partial charge in [-0.3, -0.25) is 0 Å². The molecule has 1 aromatic carbocycles. The number of furan rings is 1. The van der Waals surface area contributed by atoms with Gasteiger partial charge in [-0.05, 0) is 56.9 Å². The van der Waals surface area contributed by atoms with Crippen LogP contribution in [-0.2, 0) is 12.1 Å². The van der Waals surface area contributed by atoms with Crippen molar-refractivity contribution in [3.8, 4) is 0 Å². The second kappa shape index (κ2) is 10.8. The summed E-state index contributed by atoms with van der Waals surface area (Å²) in [6, 6.07) is 12.0. The molecular weight excluding hydrogens is 461 g/mol. The zero-order valence-corrected chi connectivity index (χ0v) is 18.9. The van der Waals surface area contributed by atoms with Crippen LogP contribution < -0.4 is 10.6 Å². The smallest absolute Gasteiger partial charge is 0.191 e. The van der Waals surface area contributed by atoms with Crippen molar-refractivity contribution in [1.82, 2.24) is 10.6 Å². The molecule has 144 valence electrons. The van der Waals surface area contributed by atoms with E-state index < -0.39 is 5.60 Å². The van der Waals surface area contributed by atoms with E-state index in [0.29, 0.717) is 24.8 Å². The maximum absolute atomic E-state index is 10.6. The highest BCUT2D eigenvalue weighted by Gasteiger charge is 2.27. The van der Waals surface area contributed by atoms with Gasteiger partial charge >= 0.3 is 0 Å². The molecule has 1 atom stereocenters. The highest BCUT2D eigenvalue weighted by Crippen LogP contribution is 2.22. The Balaban J connectivity index is 0.00000338. The van der Waals surface area contributed by atoms with Crippen LogP contribution in [0.5, 0.6) is 0 Å². The number of nitrogens with zero attached hydrogens (tertiary/aromatic N) is 1. The van der Waals surface area contributed by atoms with Crippen molar-refractivity contribution in [1.29, 1.82) is 0 Å².